The third-order valence-corrected chi connectivity index (χ3v) is 7.07. The Bertz CT molecular complexity index is 1100. The van der Waals surface area contributed by atoms with Crippen LogP contribution in [-0.2, 0) is 15.6 Å². The predicted octanol–water partition coefficient (Wildman–Crippen LogP) is 3.57. The van der Waals surface area contributed by atoms with E-state index in [0.717, 1.165) is 0 Å². The van der Waals surface area contributed by atoms with Crippen molar-refractivity contribution < 1.29 is 22.3 Å². The largest absolute Gasteiger partial charge is 0.494 e. The zero-order chi connectivity index (χ0) is 21.4. The van der Waals surface area contributed by atoms with Crippen LogP contribution < -0.4 is 9.47 Å². The van der Waals surface area contributed by atoms with Gasteiger partial charge in [-0.05, 0) is 52.0 Å². The summed E-state index contributed by atoms with van der Waals surface area (Å²) < 4.78 is 43.3. The highest BCUT2D eigenvalue weighted by Crippen LogP contribution is 2.37. The van der Waals surface area contributed by atoms with Crippen LogP contribution in [0.5, 0.6) is 11.5 Å². The average molecular weight is 420 g/mol. The number of aryl methyl sites for hydroxylation is 1. The zero-order valence-corrected chi connectivity index (χ0v) is 18.2. The van der Waals surface area contributed by atoms with Gasteiger partial charge in [-0.1, -0.05) is 6.07 Å². The third kappa shape index (κ3) is 3.87. The van der Waals surface area contributed by atoms with Crippen LogP contribution in [0.25, 0.3) is 17.3 Å². The van der Waals surface area contributed by atoms with Crippen LogP contribution >= 0.6 is 0 Å². The Labute approximate surface area is 170 Å². The molecule has 9 heteroatoms. The molecule has 3 rings (SSSR count). The monoisotopic (exact) mass is 419 g/mol. The van der Waals surface area contributed by atoms with Gasteiger partial charge < -0.3 is 13.9 Å². The first kappa shape index (κ1) is 20.9. The third-order valence-electron chi connectivity index (χ3n) is 4.57. The molecule has 0 bridgehead atoms. The molecule has 0 saturated carbocycles. The van der Waals surface area contributed by atoms with Crippen molar-refractivity contribution in [2.75, 3.05) is 14.2 Å². The molecule has 0 aliphatic rings. The number of ether oxygens (including phenoxy) is 2. The van der Waals surface area contributed by atoms with E-state index in [2.05, 4.69) is 10.2 Å². The second-order valence-corrected chi connectivity index (χ2v) is 10.3. The maximum Gasteiger partial charge on any atom is 0.204 e. The van der Waals surface area contributed by atoms with Crippen LogP contribution in [0.3, 0.4) is 0 Å². The SMILES string of the molecule is COc1cccc(OC)c1-n1c(CS(=O)(=O)C(C)(C)C)nnc1-c1ccc(C)o1. The summed E-state index contributed by atoms with van der Waals surface area (Å²) in [5.74, 6) is 2.44. The number of rotatable bonds is 6. The van der Waals surface area contributed by atoms with Gasteiger partial charge in [-0.15, -0.1) is 10.2 Å². The topological polar surface area (TPSA) is 96.5 Å². The summed E-state index contributed by atoms with van der Waals surface area (Å²) in [6.07, 6.45) is 0. The lowest BCUT2D eigenvalue weighted by Crippen LogP contribution is -2.30. The maximum absolute atomic E-state index is 12.9. The molecule has 0 spiro atoms. The summed E-state index contributed by atoms with van der Waals surface area (Å²) in [4.78, 5) is 0. The van der Waals surface area contributed by atoms with Gasteiger partial charge in [0.15, 0.2) is 21.4 Å². The summed E-state index contributed by atoms with van der Waals surface area (Å²) in [6, 6.07) is 8.88. The van der Waals surface area contributed by atoms with E-state index in [9.17, 15) is 8.42 Å². The molecule has 0 saturated heterocycles. The number of para-hydroxylation sites is 1. The highest BCUT2D eigenvalue weighted by Gasteiger charge is 2.33. The first-order valence-corrected chi connectivity index (χ1v) is 10.7. The van der Waals surface area contributed by atoms with E-state index in [4.69, 9.17) is 13.9 Å². The molecule has 29 heavy (non-hydrogen) atoms. The fourth-order valence-corrected chi connectivity index (χ4v) is 3.76. The van der Waals surface area contributed by atoms with Gasteiger partial charge in [-0.25, -0.2) is 8.42 Å². The normalized spacial score (nSPS) is 12.2. The number of nitrogens with zero attached hydrogens (tertiary/aromatic N) is 3. The number of sulfone groups is 1. The van der Waals surface area contributed by atoms with E-state index in [1.165, 1.54) is 14.2 Å². The van der Waals surface area contributed by atoms with E-state index >= 15 is 0 Å². The fourth-order valence-electron chi connectivity index (χ4n) is 2.80. The van der Waals surface area contributed by atoms with Crippen molar-refractivity contribution in [3.63, 3.8) is 0 Å². The van der Waals surface area contributed by atoms with Crippen molar-refractivity contribution in [1.82, 2.24) is 14.8 Å². The van der Waals surface area contributed by atoms with Gasteiger partial charge >= 0.3 is 0 Å². The summed E-state index contributed by atoms with van der Waals surface area (Å²) in [7, 11) is -0.454. The number of benzene rings is 1. The Morgan fingerprint density at radius 2 is 1.66 bits per heavy atom. The lowest BCUT2D eigenvalue weighted by Gasteiger charge is -2.20. The molecule has 0 aliphatic carbocycles. The molecule has 0 unspecified atom stereocenters. The van der Waals surface area contributed by atoms with Crippen LogP contribution in [0.15, 0.2) is 34.7 Å². The van der Waals surface area contributed by atoms with Crippen LogP contribution in [0.2, 0.25) is 0 Å². The molecule has 8 nitrogen and oxygen atoms in total. The van der Waals surface area contributed by atoms with Gasteiger partial charge in [-0.3, -0.25) is 4.57 Å². The van der Waals surface area contributed by atoms with Crippen LogP contribution in [0.4, 0.5) is 0 Å². The first-order valence-electron chi connectivity index (χ1n) is 9.04. The minimum atomic E-state index is -3.52. The molecule has 3 aromatic rings. The van der Waals surface area contributed by atoms with Crippen molar-refractivity contribution in [1.29, 1.82) is 0 Å². The summed E-state index contributed by atoms with van der Waals surface area (Å²) in [6.45, 7) is 6.79. The van der Waals surface area contributed by atoms with E-state index < -0.39 is 14.6 Å². The molecule has 0 atom stereocenters. The summed E-state index contributed by atoms with van der Waals surface area (Å²) >= 11 is 0. The molecular formula is C20H25N3O5S. The molecule has 156 valence electrons. The van der Waals surface area contributed by atoms with Crippen molar-refractivity contribution in [3.05, 3.63) is 41.9 Å². The second-order valence-electron chi connectivity index (χ2n) is 7.57. The van der Waals surface area contributed by atoms with Crippen molar-refractivity contribution >= 4 is 9.84 Å². The molecule has 2 aromatic heterocycles. The van der Waals surface area contributed by atoms with Crippen LogP contribution in [0, 0.1) is 6.92 Å². The standard InChI is InChI=1S/C20H25N3O5S/c1-13-10-11-16(28-13)19-22-21-17(12-29(24,25)20(2,3)4)23(19)18-14(26-5)8-7-9-15(18)27-6/h7-11H,12H2,1-6H3. The predicted molar refractivity (Wildman–Crippen MR) is 109 cm³/mol. The average Bonchev–Trinajstić information content (AvgIpc) is 3.25. The Balaban J connectivity index is 2.31. The Hall–Kier alpha value is -2.81. The lowest BCUT2D eigenvalue weighted by molar-refractivity contribution is 0.390. The lowest BCUT2D eigenvalue weighted by atomic mass is 10.2. The van der Waals surface area contributed by atoms with Crippen LogP contribution in [0.1, 0.15) is 32.4 Å². The first-order chi connectivity index (χ1) is 13.6. The molecule has 0 fully saturated rings. The number of furan rings is 1. The molecule has 2 heterocycles. The maximum atomic E-state index is 12.9. The van der Waals surface area contributed by atoms with Crippen LogP contribution in [-0.4, -0.2) is 42.1 Å². The van der Waals surface area contributed by atoms with E-state index in [1.54, 1.807) is 55.7 Å². The fraction of sp³-hybridized carbons (Fsp3) is 0.400. The van der Waals surface area contributed by atoms with Gasteiger partial charge in [0, 0.05) is 0 Å². The Kier molecular flexibility index (Phi) is 5.44. The minimum Gasteiger partial charge on any atom is -0.494 e. The summed E-state index contributed by atoms with van der Waals surface area (Å²) in [5.41, 5.74) is 0.505. The van der Waals surface area contributed by atoms with Gasteiger partial charge in [0.2, 0.25) is 5.82 Å². The summed E-state index contributed by atoms with van der Waals surface area (Å²) in [5, 5.41) is 8.43. The smallest absolute Gasteiger partial charge is 0.204 e. The van der Waals surface area contributed by atoms with E-state index in [-0.39, 0.29) is 11.6 Å². The van der Waals surface area contributed by atoms with E-state index in [0.29, 0.717) is 34.5 Å². The second kappa shape index (κ2) is 7.55. The number of aromatic nitrogens is 3. The highest BCUT2D eigenvalue weighted by atomic mass is 32.2. The Morgan fingerprint density at radius 3 is 2.14 bits per heavy atom. The number of hydrogen-bond donors (Lipinski definition) is 0. The Morgan fingerprint density at radius 1 is 1.03 bits per heavy atom. The highest BCUT2D eigenvalue weighted by molar-refractivity contribution is 7.91. The molecule has 0 aliphatic heterocycles. The van der Waals surface area contributed by atoms with Crippen molar-refractivity contribution in [2.24, 2.45) is 0 Å². The van der Waals surface area contributed by atoms with E-state index in [1.807, 2.05) is 6.92 Å². The quantitative estimate of drug-likeness (QED) is 0.602. The van der Waals surface area contributed by atoms with Gasteiger partial charge in [0.05, 0.1) is 19.0 Å². The number of hydrogen-bond acceptors (Lipinski definition) is 7. The molecule has 0 N–H and O–H groups in total. The number of methoxy groups -OCH3 is 2. The van der Waals surface area contributed by atoms with Crippen molar-refractivity contribution in [3.8, 4) is 28.8 Å². The molecular weight excluding hydrogens is 394 g/mol. The van der Waals surface area contributed by atoms with Gasteiger partial charge in [0.25, 0.3) is 0 Å². The molecule has 1 aromatic carbocycles. The molecule has 0 radical (unpaired) electrons. The van der Waals surface area contributed by atoms with Gasteiger partial charge in [-0.2, -0.15) is 0 Å². The van der Waals surface area contributed by atoms with Crippen molar-refractivity contribution in [2.45, 2.75) is 38.2 Å². The van der Waals surface area contributed by atoms with Gasteiger partial charge in [0.1, 0.15) is 28.7 Å². The molecule has 0 amide bonds. The zero-order valence-electron chi connectivity index (χ0n) is 17.4. The minimum absolute atomic E-state index is 0.242.